The van der Waals surface area contributed by atoms with Crippen LogP contribution in [0.5, 0.6) is 5.75 Å². The zero-order chi connectivity index (χ0) is 18.4. The summed E-state index contributed by atoms with van der Waals surface area (Å²) >= 11 is 0. The van der Waals surface area contributed by atoms with E-state index in [4.69, 9.17) is 4.74 Å². The molecule has 1 atom stereocenters. The first-order chi connectivity index (χ1) is 12.6. The number of aliphatic hydroxyl groups is 1. The highest BCUT2D eigenvalue weighted by molar-refractivity contribution is 5.79. The molecule has 1 aliphatic carbocycles. The van der Waals surface area contributed by atoms with Gasteiger partial charge in [-0.2, -0.15) is 0 Å². The fourth-order valence-corrected chi connectivity index (χ4v) is 4.34. The van der Waals surface area contributed by atoms with E-state index in [1.807, 2.05) is 23.1 Å². The average molecular weight is 357 g/mol. The Balaban J connectivity index is 1.67. The second-order valence-electron chi connectivity index (χ2n) is 7.89. The number of aliphatic hydroxyl groups excluding tert-OH is 1. The lowest BCUT2D eigenvalue weighted by Gasteiger charge is -2.42. The third-order valence-corrected chi connectivity index (χ3v) is 5.83. The van der Waals surface area contributed by atoms with E-state index in [1.165, 1.54) is 18.4 Å². The van der Waals surface area contributed by atoms with Crippen LogP contribution in [0.2, 0.25) is 0 Å². The lowest BCUT2D eigenvalue weighted by atomic mass is 9.75. The van der Waals surface area contributed by atoms with Crippen LogP contribution in [0.25, 0.3) is 0 Å². The molecule has 4 heteroatoms. The fraction of sp³-hybridized carbons (Fsp3) is 0.591. The summed E-state index contributed by atoms with van der Waals surface area (Å²) < 4.78 is 5.32. The lowest BCUT2D eigenvalue weighted by molar-refractivity contribution is -0.134. The van der Waals surface area contributed by atoms with E-state index in [2.05, 4.69) is 12.1 Å². The second kappa shape index (κ2) is 8.72. The van der Waals surface area contributed by atoms with Gasteiger partial charge in [-0.05, 0) is 62.6 Å². The standard InChI is InChI=1S/C22H31NO3/c1-26-20-10-5-9-19(13-20)15-22(17-24)11-6-12-23(16-22)21(25)14-18-7-3-2-4-8-18/h5,7,9-10,13,24H,2-4,6,8,11-12,14-17H2,1H3. The Bertz CT molecular complexity index is 655. The molecule has 1 aromatic rings. The maximum atomic E-state index is 12.8. The Labute approximate surface area is 156 Å². The molecule has 26 heavy (non-hydrogen) atoms. The predicted molar refractivity (Wildman–Crippen MR) is 103 cm³/mol. The van der Waals surface area contributed by atoms with Crippen molar-refractivity contribution in [1.29, 1.82) is 0 Å². The van der Waals surface area contributed by atoms with Crippen molar-refractivity contribution in [3.8, 4) is 5.75 Å². The summed E-state index contributed by atoms with van der Waals surface area (Å²) in [6, 6.07) is 8.03. The van der Waals surface area contributed by atoms with Gasteiger partial charge < -0.3 is 14.7 Å². The second-order valence-corrected chi connectivity index (χ2v) is 7.89. The molecule has 0 bridgehead atoms. The third-order valence-electron chi connectivity index (χ3n) is 5.83. The van der Waals surface area contributed by atoms with Crippen LogP contribution in [-0.2, 0) is 11.2 Å². The fourth-order valence-electron chi connectivity index (χ4n) is 4.34. The van der Waals surface area contributed by atoms with E-state index in [1.54, 1.807) is 7.11 Å². The summed E-state index contributed by atoms with van der Waals surface area (Å²) in [6.07, 6.45) is 10.1. The zero-order valence-electron chi connectivity index (χ0n) is 15.9. The number of carbonyl (C=O) groups excluding carboxylic acids is 1. The number of hydrogen-bond donors (Lipinski definition) is 1. The number of amides is 1. The Hall–Kier alpha value is -1.81. The molecule has 1 amide bonds. The van der Waals surface area contributed by atoms with Gasteiger partial charge in [-0.1, -0.05) is 23.8 Å². The minimum Gasteiger partial charge on any atom is -0.497 e. The van der Waals surface area contributed by atoms with E-state index >= 15 is 0 Å². The van der Waals surface area contributed by atoms with Crippen LogP contribution in [-0.4, -0.2) is 42.7 Å². The number of rotatable bonds is 6. The van der Waals surface area contributed by atoms with Gasteiger partial charge in [0, 0.05) is 24.9 Å². The maximum Gasteiger partial charge on any atom is 0.226 e. The molecule has 0 aromatic heterocycles. The van der Waals surface area contributed by atoms with Crippen molar-refractivity contribution in [2.24, 2.45) is 5.41 Å². The van der Waals surface area contributed by atoms with Gasteiger partial charge in [0.05, 0.1) is 13.7 Å². The molecule has 1 fully saturated rings. The molecule has 1 saturated heterocycles. The van der Waals surface area contributed by atoms with Gasteiger partial charge in [0.2, 0.25) is 5.91 Å². The summed E-state index contributed by atoms with van der Waals surface area (Å²) in [5, 5.41) is 10.2. The molecule has 4 nitrogen and oxygen atoms in total. The van der Waals surface area contributed by atoms with Crippen molar-refractivity contribution < 1.29 is 14.6 Å². The minimum atomic E-state index is -0.249. The average Bonchev–Trinajstić information content (AvgIpc) is 2.69. The Morgan fingerprint density at radius 1 is 1.31 bits per heavy atom. The van der Waals surface area contributed by atoms with Crippen molar-refractivity contribution in [2.75, 3.05) is 26.8 Å². The molecular weight excluding hydrogens is 326 g/mol. The number of ether oxygens (including phenoxy) is 1. The molecule has 0 radical (unpaired) electrons. The predicted octanol–water partition coefficient (Wildman–Crippen LogP) is 3.73. The summed E-state index contributed by atoms with van der Waals surface area (Å²) in [5.41, 5.74) is 2.21. The van der Waals surface area contributed by atoms with Gasteiger partial charge >= 0.3 is 0 Å². The molecule has 1 aromatic carbocycles. The number of methoxy groups -OCH3 is 1. The van der Waals surface area contributed by atoms with Crippen molar-refractivity contribution in [3.63, 3.8) is 0 Å². The summed E-state index contributed by atoms with van der Waals surface area (Å²) in [6.45, 7) is 1.56. The van der Waals surface area contributed by atoms with E-state index in [0.29, 0.717) is 13.0 Å². The SMILES string of the molecule is COc1cccc(CC2(CO)CCCN(C(=O)CC3=CCCCC3)C2)c1. The van der Waals surface area contributed by atoms with Crippen LogP contribution in [0, 0.1) is 5.41 Å². The molecule has 3 rings (SSSR count). The highest BCUT2D eigenvalue weighted by Crippen LogP contribution is 2.35. The van der Waals surface area contributed by atoms with Crippen molar-refractivity contribution in [2.45, 2.75) is 51.4 Å². The Morgan fingerprint density at radius 3 is 2.92 bits per heavy atom. The summed E-state index contributed by atoms with van der Waals surface area (Å²) in [5.74, 6) is 1.06. The molecule has 1 aliphatic heterocycles. The first-order valence-corrected chi connectivity index (χ1v) is 9.84. The Morgan fingerprint density at radius 2 is 2.19 bits per heavy atom. The molecule has 142 valence electrons. The number of nitrogens with zero attached hydrogens (tertiary/aromatic N) is 1. The quantitative estimate of drug-likeness (QED) is 0.789. The van der Waals surface area contributed by atoms with Crippen LogP contribution >= 0.6 is 0 Å². The minimum absolute atomic E-state index is 0.108. The first-order valence-electron chi connectivity index (χ1n) is 9.84. The maximum absolute atomic E-state index is 12.8. The highest BCUT2D eigenvalue weighted by Gasteiger charge is 2.37. The molecule has 1 heterocycles. The number of piperidine rings is 1. The van der Waals surface area contributed by atoms with Crippen LogP contribution in [0.3, 0.4) is 0 Å². The molecule has 1 N–H and O–H groups in total. The van der Waals surface area contributed by atoms with Gasteiger partial charge in [-0.3, -0.25) is 4.79 Å². The molecule has 0 spiro atoms. The molecular formula is C22H31NO3. The normalized spacial score (nSPS) is 23.5. The van der Waals surface area contributed by atoms with Crippen molar-refractivity contribution >= 4 is 5.91 Å². The van der Waals surface area contributed by atoms with Crippen LogP contribution in [0.15, 0.2) is 35.9 Å². The summed E-state index contributed by atoms with van der Waals surface area (Å²) in [7, 11) is 1.67. The van der Waals surface area contributed by atoms with Gasteiger partial charge in [0.25, 0.3) is 0 Å². The molecule has 0 saturated carbocycles. The molecule has 1 unspecified atom stereocenters. The van der Waals surface area contributed by atoms with Crippen LogP contribution in [0.4, 0.5) is 0 Å². The number of hydrogen-bond acceptors (Lipinski definition) is 3. The van der Waals surface area contributed by atoms with Gasteiger partial charge in [-0.15, -0.1) is 0 Å². The van der Waals surface area contributed by atoms with E-state index < -0.39 is 0 Å². The van der Waals surface area contributed by atoms with Crippen LogP contribution in [0.1, 0.15) is 50.5 Å². The van der Waals surface area contributed by atoms with E-state index in [0.717, 1.165) is 50.0 Å². The Kier molecular flexibility index (Phi) is 6.36. The number of allylic oxidation sites excluding steroid dienone is 1. The topological polar surface area (TPSA) is 49.8 Å². The largest absolute Gasteiger partial charge is 0.497 e. The lowest BCUT2D eigenvalue weighted by Crippen LogP contribution is -2.49. The number of benzene rings is 1. The van der Waals surface area contributed by atoms with Crippen molar-refractivity contribution in [3.05, 3.63) is 41.5 Å². The number of likely N-dealkylation sites (tertiary alicyclic amines) is 1. The number of carbonyl (C=O) groups is 1. The zero-order valence-corrected chi connectivity index (χ0v) is 15.9. The van der Waals surface area contributed by atoms with Gasteiger partial charge in [0.1, 0.15) is 5.75 Å². The monoisotopic (exact) mass is 357 g/mol. The van der Waals surface area contributed by atoms with Gasteiger partial charge in [-0.25, -0.2) is 0 Å². The van der Waals surface area contributed by atoms with Gasteiger partial charge in [0.15, 0.2) is 0 Å². The summed E-state index contributed by atoms with van der Waals surface area (Å²) in [4.78, 5) is 14.8. The van der Waals surface area contributed by atoms with Crippen LogP contribution < -0.4 is 4.74 Å². The van der Waals surface area contributed by atoms with E-state index in [-0.39, 0.29) is 17.9 Å². The smallest absolute Gasteiger partial charge is 0.226 e. The highest BCUT2D eigenvalue weighted by atomic mass is 16.5. The first kappa shape index (κ1) is 19.0. The van der Waals surface area contributed by atoms with E-state index in [9.17, 15) is 9.90 Å². The molecule has 2 aliphatic rings. The third kappa shape index (κ3) is 4.67. The van der Waals surface area contributed by atoms with Crippen molar-refractivity contribution in [1.82, 2.24) is 4.90 Å².